The van der Waals surface area contributed by atoms with Crippen molar-refractivity contribution in [3.05, 3.63) is 76.9 Å². The van der Waals surface area contributed by atoms with Crippen molar-refractivity contribution in [2.45, 2.75) is 31.7 Å². The van der Waals surface area contributed by atoms with Gasteiger partial charge in [-0.2, -0.15) is 4.31 Å². The van der Waals surface area contributed by atoms with E-state index in [1.807, 2.05) is 26.0 Å². The third-order valence-electron chi connectivity index (χ3n) is 4.96. The van der Waals surface area contributed by atoms with Gasteiger partial charge in [0.1, 0.15) is 5.82 Å². The van der Waals surface area contributed by atoms with Crippen LogP contribution in [0.2, 0.25) is 0 Å². The Kier molecular flexibility index (Phi) is 4.72. The molecule has 7 heteroatoms. The summed E-state index contributed by atoms with van der Waals surface area (Å²) in [4.78, 5) is 9.28. The molecule has 2 heterocycles. The fourth-order valence-electron chi connectivity index (χ4n) is 3.36. The van der Waals surface area contributed by atoms with E-state index in [0.717, 1.165) is 27.9 Å². The summed E-state index contributed by atoms with van der Waals surface area (Å²) in [5, 5.41) is 0. The fraction of sp³-hybridized carbons (Fsp3) is 0.238. The lowest BCUT2D eigenvalue weighted by Gasteiger charge is -2.28. The summed E-state index contributed by atoms with van der Waals surface area (Å²) < 4.78 is 40.9. The van der Waals surface area contributed by atoms with Gasteiger partial charge >= 0.3 is 0 Å². The summed E-state index contributed by atoms with van der Waals surface area (Å²) in [6, 6.07) is 11.5. The number of rotatable bonds is 3. The van der Waals surface area contributed by atoms with Gasteiger partial charge in [-0.15, -0.1) is 0 Å². The second-order valence-electron chi connectivity index (χ2n) is 7.03. The monoisotopic (exact) mass is 397 g/mol. The molecule has 0 amide bonds. The van der Waals surface area contributed by atoms with Gasteiger partial charge in [-0.1, -0.05) is 12.1 Å². The number of aryl methyl sites for hydroxylation is 2. The van der Waals surface area contributed by atoms with E-state index >= 15 is 0 Å². The molecule has 0 unspecified atom stereocenters. The lowest BCUT2D eigenvalue weighted by Crippen LogP contribution is -2.36. The van der Waals surface area contributed by atoms with Gasteiger partial charge in [-0.05, 0) is 55.3 Å². The topological polar surface area (TPSA) is 63.2 Å². The second kappa shape index (κ2) is 7.07. The molecule has 1 aliphatic heterocycles. The van der Waals surface area contributed by atoms with Crippen molar-refractivity contribution in [3.8, 4) is 11.4 Å². The van der Waals surface area contributed by atoms with E-state index in [-0.39, 0.29) is 12.4 Å². The molecule has 3 aromatic rings. The van der Waals surface area contributed by atoms with Crippen LogP contribution in [0.25, 0.3) is 11.4 Å². The largest absolute Gasteiger partial charge is 0.243 e. The predicted octanol–water partition coefficient (Wildman–Crippen LogP) is 3.65. The summed E-state index contributed by atoms with van der Waals surface area (Å²) in [7, 11) is -3.59. The molecule has 5 nitrogen and oxygen atoms in total. The van der Waals surface area contributed by atoms with Gasteiger partial charge in [0, 0.05) is 36.8 Å². The van der Waals surface area contributed by atoms with Crippen LogP contribution in [0.1, 0.15) is 22.4 Å². The first-order valence-corrected chi connectivity index (χ1v) is 10.5. The van der Waals surface area contributed by atoms with Crippen molar-refractivity contribution >= 4 is 10.0 Å². The molecule has 0 saturated carbocycles. The molecule has 1 aromatic heterocycles. The van der Waals surface area contributed by atoms with Crippen LogP contribution in [0.5, 0.6) is 0 Å². The molecule has 28 heavy (non-hydrogen) atoms. The first-order valence-electron chi connectivity index (χ1n) is 9.03. The van der Waals surface area contributed by atoms with Crippen molar-refractivity contribution in [3.63, 3.8) is 0 Å². The van der Waals surface area contributed by atoms with Gasteiger partial charge in [0.05, 0.1) is 10.6 Å². The van der Waals surface area contributed by atoms with E-state index in [2.05, 4.69) is 9.97 Å². The molecule has 0 N–H and O–H groups in total. The highest BCUT2D eigenvalue weighted by Gasteiger charge is 2.30. The smallest absolute Gasteiger partial charge is 0.236 e. The van der Waals surface area contributed by atoms with Gasteiger partial charge in [-0.25, -0.2) is 22.8 Å². The van der Waals surface area contributed by atoms with Crippen LogP contribution in [-0.4, -0.2) is 29.2 Å². The molecular weight excluding hydrogens is 377 g/mol. The zero-order valence-electron chi connectivity index (χ0n) is 15.7. The third-order valence-corrected chi connectivity index (χ3v) is 6.95. The van der Waals surface area contributed by atoms with Gasteiger partial charge in [0.2, 0.25) is 10.0 Å². The standard InChI is InChI=1S/C21H20FN3O2S/c1-14-3-4-15(2)20(11-14)28(26,27)25-10-9-19-17(13-25)12-23-21(24-19)16-5-7-18(22)8-6-16/h3-8,11-12H,9-10,13H2,1-2H3. The maximum absolute atomic E-state index is 13.1. The van der Waals surface area contributed by atoms with E-state index in [1.165, 1.54) is 16.4 Å². The average molecular weight is 397 g/mol. The first kappa shape index (κ1) is 18.7. The summed E-state index contributed by atoms with van der Waals surface area (Å²) in [6.45, 7) is 4.30. The van der Waals surface area contributed by atoms with E-state index in [9.17, 15) is 12.8 Å². The van der Waals surface area contributed by atoms with Crippen LogP contribution in [0.15, 0.2) is 53.6 Å². The number of nitrogens with zero attached hydrogens (tertiary/aromatic N) is 3. The Morgan fingerprint density at radius 1 is 1.07 bits per heavy atom. The van der Waals surface area contributed by atoms with Crippen LogP contribution in [0.4, 0.5) is 4.39 Å². The fourth-order valence-corrected chi connectivity index (χ4v) is 5.09. The number of fused-ring (bicyclic) bond motifs is 1. The van der Waals surface area contributed by atoms with Crippen molar-refractivity contribution < 1.29 is 12.8 Å². The number of hydrogen-bond acceptors (Lipinski definition) is 4. The van der Waals surface area contributed by atoms with Crippen LogP contribution >= 0.6 is 0 Å². The maximum Gasteiger partial charge on any atom is 0.243 e. The normalized spacial score (nSPS) is 14.7. The predicted molar refractivity (Wildman–Crippen MR) is 105 cm³/mol. The molecule has 2 aromatic carbocycles. The Labute approximate surface area is 163 Å². The minimum Gasteiger partial charge on any atom is -0.236 e. The van der Waals surface area contributed by atoms with Crippen molar-refractivity contribution in [2.24, 2.45) is 0 Å². The number of benzene rings is 2. The molecule has 0 radical (unpaired) electrons. The third kappa shape index (κ3) is 3.43. The first-order chi connectivity index (χ1) is 13.3. The van der Waals surface area contributed by atoms with Gasteiger partial charge in [-0.3, -0.25) is 0 Å². The zero-order chi connectivity index (χ0) is 19.9. The molecule has 4 rings (SSSR count). The van der Waals surface area contributed by atoms with E-state index in [0.29, 0.717) is 23.7 Å². The molecule has 0 fully saturated rings. The maximum atomic E-state index is 13.1. The highest BCUT2D eigenvalue weighted by atomic mass is 32.2. The molecule has 144 valence electrons. The number of hydrogen-bond donors (Lipinski definition) is 0. The van der Waals surface area contributed by atoms with E-state index < -0.39 is 10.0 Å². The number of aromatic nitrogens is 2. The molecule has 1 aliphatic rings. The SMILES string of the molecule is Cc1ccc(C)c(S(=O)(=O)N2CCc3nc(-c4ccc(F)cc4)ncc3C2)c1. The van der Waals surface area contributed by atoms with Crippen molar-refractivity contribution in [1.29, 1.82) is 0 Å². The number of halogens is 1. The summed E-state index contributed by atoms with van der Waals surface area (Å²) in [5.41, 5.74) is 4.01. The van der Waals surface area contributed by atoms with Gasteiger partial charge in [0.25, 0.3) is 0 Å². The van der Waals surface area contributed by atoms with E-state index in [1.54, 1.807) is 24.4 Å². The highest BCUT2D eigenvalue weighted by Crippen LogP contribution is 2.27. The zero-order valence-corrected chi connectivity index (χ0v) is 16.5. The second-order valence-corrected chi connectivity index (χ2v) is 8.94. The van der Waals surface area contributed by atoms with Crippen molar-refractivity contribution in [2.75, 3.05) is 6.54 Å². The minimum atomic E-state index is -3.59. The molecular formula is C21H20FN3O2S. The van der Waals surface area contributed by atoms with Crippen LogP contribution in [-0.2, 0) is 23.0 Å². The lowest BCUT2D eigenvalue weighted by molar-refractivity contribution is 0.386. The van der Waals surface area contributed by atoms with Crippen molar-refractivity contribution in [1.82, 2.24) is 14.3 Å². The van der Waals surface area contributed by atoms with Gasteiger partial charge in [0.15, 0.2) is 5.82 Å². The Bertz CT molecular complexity index is 1140. The molecule has 0 spiro atoms. The van der Waals surface area contributed by atoms with Crippen LogP contribution in [0.3, 0.4) is 0 Å². The molecule has 0 bridgehead atoms. The average Bonchev–Trinajstić information content (AvgIpc) is 2.69. The Morgan fingerprint density at radius 3 is 2.57 bits per heavy atom. The Balaban J connectivity index is 1.63. The van der Waals surface area contributed by atoms with Crippen LogP contribution < -0.4 is 0 Å². The molecule has 0 atom stereocenters. The van der Waals surface area contributed by atoms with E-state index in [4.69, 9.17) is 0 Å². The summed E-state index contributed by atoms with van der Waals surface area (Å²) in [5.74, 6) is 0.207. The molecule has 0 aliphatic carbocycles. The summed E-state index contributed by atoms with van der Waals surface area (Å²) in [6.07, 6.45) is 2.18. The number of sulfonamides is 1. The Hall–Kier alpha value is -2.64. The molecule has 0 saturated heterocycles. The highest BCUT2D eigenvalue weighted by molar-refractivity contribution is 7.89. The summed E-state index contributed by atoms with van der Waals surface area (Å²) >= 11 is 0. The van der Waals surface area contributed by atoms with Gasteiger partial charge < -0.3 is 0 Å². The minimum absolute atomic E-state index is 0.245. The van der Waals surface area contributed by atoms with Crippen LogP contribution in [0, 0.1) is 19.7 Å². The quantitative estimate of drug-likeness (QED) is 0.677. The Morgan fingerprint density at radius 2 is 1.82 bits per heavy atom. The lowest BCUT2D eigenvalue weighted by atomic mass is 10.1.